The van der Waals surface area contributed by atoms with Crippen molar-refractivity contribution in [3.63, 3.8) is 0 Å². The summed E-state index contributed by atoms with van der Waals surface area (Å²) in [6.07, 6.45) is 1.46. The fourth-order valence-electron chi connectivity index (χ4n) is 0.672. The van der Waals surface area contributed by atoms with Crippen molar-refractivity contribution in [2.45, 2.75) is 0 Å². The second-order valence-corrected chi connectivity index (χ2v) is 3.24. The number of amides is 1. The first-order chi connectivity index (χ1) is 5.65. The first kappa shape index (κ1) is 9.20. The molecule has 12 heavy (non-hydrogen) atoms. The van der Waals surface area contributed by atoms with Gasteiger partial charge in [0.1, 0.15) is 5.75 Å². The average Bonchev–Trinajstić information content (AvgIpc) is 2.03. The van der Waals surface area contributed by atoms with E-state index >= 15 is 0 Å². The zero-order valence-corrected chi connectivity index (χ0v) is 8.07. The van der Waals surface area contributed by atoms with E-state index < -0.39 is 5.91 Å². The highest BCUT2D eigenvalue weighted by Crippen LogP contribution is 2.16. The number of hydrogen-bond acceptors (Lipinski definition) is 4. The molecule has 0 bridgehead atoms. The van der Waals surface area contributed by atoms with Crippen LogP contribution in [0, 0.1) is 3.57 Å². The van der Waals surface area contributed by atoms with Gasteiger partial charge >= 0.3 is 0 Å². The molecule has 4 N–H and O–H groups in total. The van der Waals surface area contributed by atoms with Gasteiger partial charge in [0.15, 0.2) is 5.69 Å². The lowest BCUT2D eigenvalue weighted by molar-refractivity contribution is 0.0945. The number of carbonyl (C=O) groups excluding carboxylic acids is 1. The summed E-state index contributed by atoms with van der Waals surface area (Å²) in [5, 5.41) is 9.21. The number of aromatic nitrogens is 1. The summed E-state index contributed by atoms with van der Waals surface area (Å²) in [7, 11) is 0. The highest BCUT2D eigenvalue weighted by atomic mass is 127. The van der Waals surface area contributed by atoms with E-state index in [1.54, 1.807) is 0 Å². The first-order valence-electron chi connectivity index (χ1n) is 3.00. The molecular formula is C6H6IN3O2. The summed E-state index contributed by atoms with van der Waals surface area (Å²) in [6.45, 7) is 0. The maximum absolute atomic E-state index is 10.9. The van der Waals surface area contributed by atoms with E-state index in [0.29, 0.717) is 0 Å². The Morgan fingerprint density at radius 3 is 2.92 bits per heavy atom. The van der Waals surface area contributed by atoms with E-state index in [0.717, 1.165) is 3.57 Å². The fourth-order valence-corrected chi connectivity index (χ4v) is 1.11. The zero-order chi connectivity index (χ0) is 9.14. The molecule has 1 heterocycles. The largest absolute Gasteiger partial charge is 0.505 e. The molecule has 6 heteroatoms. The Kier molecular flexibility index (Phi) is 2.82. The minimum absolute atomic E-state index is 0.0714. The third-order valence-electron chi connectivity index (χ3n) is 1.18. The molecule has 0 radical (unpaired) electrons. The molecule has 0 atom stereocenters. The molecule has 0 saturated carbocycles. The summed E-state index contributed by atoms with van der Waals surface area (Å²) >= 11 is 1.97. The van der Waals surface area contributed by atoms with E-state index in [1.807, 2.05) is 28.0 Å². The molecule has 1 aromatic heterocycles. The molecule has 64 valence electrons. The van der Waals surface area contributed by atoms with Gasteiger partial charge in [-0.05, 0) is 28.7 Å². The molecule has 0 spiro atoms. The summed E-state index contributed by atoms with van der Waals surface area (Å²) in [5.74, 6) is 4.07. The Morgan fingerprint density at radius 2 is 2.42 bits per heavy atom. The van der Waals surface area contributed by atoms with Crippen LogP contribution in [0.15, 0.2) is 12.3 Å². The zero-order valence-electron chi connectivity index (χ0n) is 5.91. The molecule has 0 aliphatic carbocycles. The lowest BCUT2D eigenvalue weighted by Gasteiger charge is -2.00. The second kappa shape index (κ2) is 3.68. The SMILES string of the molecule is NNC(=O)c1ncc(I)cc1O. The number of carbonyl (C=O) groups is 1. The van der Waals surface area contributed by atoms with Crippen molar-refractivity contribution in [3.05, 3.63) is 21.5 Å². The van der Waals surface area contributed by atoms with Crippen molar-refractivity contribution in [2.75, 3.05) is 0 Å². The van der Waals surface area contributed by atoms with E-state index in [-0.39, 0.29) is 11.4 Å². The van der Waals surface area contributed by atoms with Crippen LogP contribution in [0.5, 0.6) is 5.75 Å². The molecular weight excluding hydrogens is 273 g/mol. The molecule has 1 aromatic rings. The maximum Gasteiger partial charge on any atom is 0.287 e. The minimum Gasteiger partial charge on any atom is -0.505 e. The predicted octanol–water partition coefficient (Wildman–Crippen LogP) is -0.00470. The van der Waals surface area contributed by atoms with Crippen molar-refractivity contribution in [1.29, 1.82) is 0 Å². The van der Waals surface area contributed by atoms with Crippen LogP contribution in [0.3, 0.4) is 0 Å². The number of nitrogens with one attached hydrogen (secondary N) is 1. The van der Waals surface area contributed by atoms with Crippen LogP contribution in [0.25, 0.3) is 0 Å². The van der Waals surface area contributed by atoms with Crippen molar-refractivity contribution in [3.8, 4) is 5.75 Å². The summed E-state index contributed by atoms with van der Waals surface area (Å²) in [6, 6.07) is 1.43. The number of hydrogen-bond donors (Lipinski definition) is 3. The van der Waals surface area contributed by atoms with Crippen molar-refractivity contribution >= 4 is 28.5 Å². The summed E-state index contributed by atoms with van der Waals surface area (Å²) in [5.41, 5.74) is 1.81. The number of nitrogens with zero attached hydrogens (tertiary/aromatic N) is 1. The highest BCUT2D eigenvalue weighted by Gasteiger charge is 2.10. The Balaban J connectivity index is 3.09. The summed E-state index contributed by atoms with van der Waals surface area (Å²) in [4.78, 5) is 14.6. The van der Waals surface area contributed by atoms with Crippen LogP contribution in [0.2, 0.25) is 0 Å². The van der Waals surface area contributed by atoms with Gasteiger partial charge in [0.05, 0.1) is 0 Å². The molecule has 0 aromatic carbocycles. The number of rotatable bonds is 1. The fraction of sp³-hybridized carbons (Fsp3) is 0. The van der Waals surface area contributed by atoms with Gasteiger partial charge in [-0.1, -0.05) is 0 Å². The molecule has 0 unspecified atom stereocenters. The van der Waals surface area contributed by atoms with Crippen LogP contribution in [-0.2, 0) is 0 Å². The number of pyridine rings is 1. The van der Waals surface area contributed by atoms with Gasteiger partial charge in [-0.2, -0.15) is 0 Å². The molecule has 0 aliphatic rings. The molecule has 1 rings (SSSR count). The van der Waals surface area contributed by atoms with Gasteiger partial charge in [0, 0.05) is 9.77 Å². The number of nitrogen functional groups attached to an aromatic ring is 1. The average molecular weight is 279 g/mol. The normalized spacial score (nSPS) is 9.50. The first-order valence-corrected chi connectivity index (χ1v) is 4.08. The van der Waals surface area contributed by atoms with Gasteiger partial charge in [-0.15, -0.1) is 0 Å². The Morgan fingerprint density at radius 1 is 1.75 bits per heavy atom. The number of aromatic hydroxyl groups is 1. The van der Waals surface area contributed by atoms with Gasteiger partial charge in [0.25, 0.3) is 5.91 Å². The van der Waals surface area contributed by atoms with E-state index in [4.69, 9.17) is 5.84 Å². The highest BCUT2D eigenvalue weighted by molar-refractivity contribution is 14.1. The molecule has 5 nitrogen and oxygen atoms in total. The number of halogens is 1. The van der Waals surface area contributed by atoms with Gasteiger partial charge in [-0.3, -0.25) is 10.2 Å². The van der Waals surface area contributed by atoms with Crippen LogP contribution in [0.1, 0.15) is 10.5 Å². The van der Waals surface area contributed by atoms with E-state index in [9.17, 15) is 9.90 Å². The maximum atomic E-state index is 10.9. The standard InChI is InChI=1S/C6H6IN3O2/c7-3-1-4(11)5(9-2-3)6(12)10-8/h1-2,11H,8H2,(H,10,12). The molecule has 0 fully saturated rings. The molecule has 0 aliphatic heterocycles. The van der Waals surface area contributed by atoms with Crippen LogP contribution in [0.4, 0.5) is 0 Å². The lowest BCUT2D eigenvalue weighted by atomic mass is 10.3. The molecule has 0 saturated heterocycles. The third-order valence-corrected chi connectivity index (χ3v) is 1.77. The van der Waals surface area contributed by atoms with Gasteiger partial charge < -0.3 is 5.11 Å². The monoisotopic (exact) mass is 279 g/mol. The lowest BCUT2D eigenvalue weighted by Crippen LogP contribution is -2.30. The van der Waals surface area contributed by atoms with E-state index in [1.165, 1.54) is 12.3 Å². The Hall–Kier alpha value is -0.890. The van der Waals surface area contributed by atoms with Crippen molar-refractivity contribution in [1.82, 2.24) is 10.4 Å². The van der Waals surface area contributed by atoms with Crippen LogP contribution in [-0.4, -0.2) is 16.0 Å². The quantitative estimate of drug-likeness (QED) is 0.292. The number of nitrogens with two attached hydrogens (primary N) is 1. The van der Waals surface area contributed by atoms with Crippen molar-refractivity contribution in [2.24, 2.45) is 5.84 Å². The van der Waals surface area contributed by atoms with Crippen molar-refractivity contribution < 1.29 is 9.90 Å². The predicted molar refractivity (Wildman–Crippen MR) is 50.3 cm³/mol. The Bertz CT molecular complexity index is 316. The Labute approximate surface area is 82.1 Å². The third kappa shape index (κ3) is 1.83. The van der Waals surface area contributed by atoms with Gasteiger partial charge in [-0.25, -0.2) is 10.8 Å². The topological polar surface area (TPSA) is 88.2 Å². The second-order valence-electron chi connectivity index (χ2n) is 1.99. The van der Waals surface area contributed by atoms with Crippen LogP contribution >= 0.6 is 22.6 Å². The van der Waals surface area contributed by atoms with Gasteiger partial charge in [0.2, 0.25) is 0 Å². The van der Waals surface area contributed by atoms with E-state index in [2.05, 4.69) is 4.98 Å². The smallest absolute Gasteiger partial charge is 0.287 e. The minimum atomic E-state index is -0.607. The molecule has 1 amide bonds. The number of hydrazine groups is 1. The summed E-state index contributed by atoms with van der Waals surface area (Å²) < 4.78 is 0.749. The van der Waals surface area contributed by atoms with Crippen LogP contribution < -0.4 is 11.3 Å².